The lowest BCUT2D eigenvalue weighted by molar-refractivity contribution is 0.208. The number of nitrogens with zero attached hydrogens (tertiary/aromatic N) is 2. The van der Waals surface area contributed by atoms with Gasteiger partial charge in [-0.15, -0.1) is 0 Å². The zero-order chi connectivity index (χ0) is 12.4. The quantitative estimate of drug-likeness (QED) is 0.697. The summed E-state index contributed by atoms with van der Waals surface area (Å²) in [6, 6.07) is 1.57. The fourth-order valence-corrected chi connectivity index (χ4v) is 2.97. The Bertz CT molecular complexity index is 386. The second kappa shape index (κ2) is 5.17. The van der Waals surface area contributed by atoms with Crippen LogP contribution < -0.4 is 0 Å². The van der Waals surface area contributed by atoms with E-state index in [4.69, 9.17) is 4.74 Å². The molecular weight excluding hydrogens is 224 g/mol. The van der Waals surface area contributed by atoms with E-state index in [0.717, 1.165) is 12.6 Å². The topological polar surface area (TPSA) is 24.8 Å². The average molecular weight is 246 g/mol. The Kier molecular flexibility index (Phi) is 3.39. The first kappa shape index (κ1) is 11.8. The highest BCUT2D eigenvalue weighted by atomic mass is 16.5. The van der Waals surface area contributed by atoms with Gasteiger partial charge in [0, 0.05) is 0 Å². The molecule has 3 heteroatoms. The standard InChI is InChI=1S/C15H22N2O/c1-2-3-4-5-8-12-11-17-14-10-7-6-9-13(14)16-15(17)18-12/h6-7,9-10,12-14H,2-5,8,11H2,1H3. The van der Waals surface area contributed by atoms with Gasteiger partial charge in [-0.3, -0.25) is 0 Å². The van der Waals surface area contributed by atoms with Gasteiger partial charge in [0.15, 0.2) is 0 Å². The molecule has 3 rings (SSSR count). The highest BCUT2D eigenvalue weighted by Gasteiger charge is 2.41. The molecule has 3 aliphatic rings. The highest BCUT2D eigenvalue weighted by molar-refractivity contribution is 5.79. The normalized spacial score (nSPS) is 32.2. The molecule has 0 aromatic heterocycles. The summed E-state index contributed by atoms with van der Waals surface area (Å²) in [5, 5.41) is 0. The summed E-state index contributed by atoms with van der Waals surface area (Å²) in [7, 11) is 0. The Morgan fingerprint density at radius 2 is 2.17 bits per heavy atom. The van der Waals surface area contributed by atoms with Gasteiger partial charge >= 0.3 is 0 Å². The van der Waals surface area contributed by atoms with Crippen LogP contribution in [0.2, 0.25) is 0 Å². The largest absolute Gasteiger partial charge is 0.460 e. The Hall–Kier alpha value is -1.25. The summed E-state index contributed by atoms with van der Waals surface area (Å²) in [5.74, 6) is 0. The number of unbranched alkanes of at least 4 members (excludes halogenated alkanes) is 3. The first-order valence-corrected chi connectivity index (χ1v) is 7.24. The second-order valence-electron chi connectivity index (χ2n) is 5.40. The van der Waals surface area contributed by atoms with Gasteiger partial charge in [0.05, 0.1) is 18.6 Å². The molecule has 0 saturated carbocycles. The maximum Gasteiger partial charge on any atom is 0.289 e. The van der Waals surface area contributed by atoms with Crippen molar-refractivity contribution in [3.63, 3.8) is 0 Å². The monoisotopic (exact) mass is 246 g/mol. The van der Waals surface area contributed by atoms with E-state index in [1.807, 2.05) is 0 Å². The van der Waals surface area contributed by atoms with Crippen molar-refractivity contribution in [3.05, 3.63) is 24.3 Å². The molecule has 0 bridgehead atoms. The van der Waals surface area contributed by atoms with Gasteiger partial charge < -0.3 is 9.64 Å². The molecule has 0 N–H and O–H groups in total. The third-order valence-electron chi connectivity index (χ3n) is 3.99. The molecule has 1 aliphatic carbocycles. The van der Waals surface area contributed by atoms with E-state index in [-0.39, 0.29) is 6.04 Å². The summed E-state index contributed by atoms with van der Waals surface area (Å²) < 4.78 is 5.97. The van der Waals surface area contributed by atoms with Crippen LogP contribution in [0.1, 0.15) is 39.0 Å². The van der Waals surface area contributed by atoms with Crippen LogP contribution in [0.5, 0.6) is 0 Å². The van der Waals surface area contributed by atoms with Crippen LogP contribution in [0.4, 0.5) is 0 Å². The lowest BCUT2D eigenvalue weighted by Gasteiger charge is -2.22. The van der Waals surface area contributed by atoms with E-state index in [9.17, 15) is 0 Å². The predicted octanol–water partition coefficient (Wildman–Crippen LogP) is 2.89. The van der Waals surface area contributed by atoms with Crippen LogP contribution in [-0.4, -0.2) is 35.7 Å². The van der Waals surface area contributed by atoms with Crippen molar-refractivity contribution in [3.8, 4) is 0 Å². The predicted molar refractivity (Wildman–Crippen MR) is 73.6 cm³/mol. The van der Waals surface area contributed by atoms with Crippen molar-refractivity contribution in [1.82, 2.24) is 4.90 Å². The summed E-state index contributed by atoms with van der Waals surface area (Å²) in [6.07, 6.45) is 15.4. The number of hydrogen-bond donors (Lipinski definition) is 0. The van der Waals surface area contributed by atoms with Gasteiger partial charge in [-0.05, 0) is 12.8 Å². The molecule has 1 fully saturated rings. The maximum atomic E-state index is 5.97. The number of rotatable bonds is 5. The molecule has 0 spiro atoms. The molecule has 0 aromatic carbocycles. The van der Waals surface area contributed by atoms with Crippen LogP contribution in [-0.2, 0) is 4.74 Å². The third-order valence-corrected chi connectivity index (χ3v) is 3.99. The first-order chi connectivity index (χ1) is 8.88. The molecule has 1 saturated heterocycles. The molecule has 2 aliphatic heterocycles. The molecule has 3 nitrogen and oxygen atoms in total. The second-order valence-corrected chi connectivity index (χ2v) is 5.40. The maximum absolute atomic E-state index is 5.97. The summed E-state index contributed by atoms with van der Waals surface area (Å²) in [5.41, 5.74) is 0. The molecule has 3 unspecified atom stereocenters. The van der Waals surface area contributed by atoms with Crippen LogP contribution >= 0.6 is 0 Å². The molecule has 18 heavy (non-hydrogen) atoms. The minimum atomic E-state index is 0.283. The smallest absolute Gasteiger partial charge is 0.289 e. The lowest BCUT2D eigenvalue weighted by atomic mass is 10.0. The van der Waals surface area contributed by atoms with Gasteiger partial charge in [-0.25, -0.2) is 4.99 Å². The average Bonchev–Trinajstić information content (AvgIpc) is 2.91. The SMILES string of the molecule is CCCCCCC1CN2C(=NC3C=CC=CC32)O1. The number of hydrogen-bond acceptors (Lipinski definition) is 3. The molecule has 0 radical (unpaired) electrons. The third kappa shape index (κ3) is 2.18. The van der Waals surface area contributed by atoms with Crippen molar-refractivity contribution in [1.29, 1.82) is 0 Å². The number of amidine groups is 1. The zero-order valence-electron chi connectivity index (χ0n) is 11.1. The fraction of sp³-hybridized carbons (Fsp3) is 0.667. The Morgan fingerprint density at radius 1 is 1.28 bits per heavy atom. The molecular formula is C15H22N2O. The summed E-state index contributed by atoms with van der Waals surface area (Å²) in [6.45, 7) is 3.27. The van der Waals surface area contributed by atoms with Crippen molar-refractivity contribution in [2.75, 3.05) is 6.54 Å². The van der Waals surface area contributed by atoms with E-state index in [1.165, 1.54) is 32.1 Å². The van der Waals surface area contributed by atoms with Gasteiger partial charge in [0.25, 0.3) is 6.02 Å². The molecule has 98 valence electrons. The van der Waals surface area contributed by atoms with Crippen molar-refractivity contribution in [2.24, 2.45) is 4.99 Å². The van der Waals surface area contributed by atoms with Gasteiger partial charge in [0.2, 0.25) is 0 Å². The van der Waals surface area contributed by atoms with Crippen molar-refractivity contribution in [2.45, 2.75) is 57.2 Å². The van der Waals surface area contributed by atoms with Gasteiger partial charge in [0.1, 0.15) is 6.10 Å². The van der Waals surface area contributed by atoms with Crippen molar-refractivity contribution >= 4 is 6.02 Å². The van der Waals surface area contributed by atoms with E-state index < -0.39 is 0 Å². The molecule has 3 atom stereocenters. The van der Waals surface area contributed by atoms with Gasteiger partial charge in [-0.1, -0.05) is 50.5 Å². The summed E-state index contributed by atoms with van der Waals surface area (Å²) >= 11 is 0. The first-order valence-electron chi connectivity index (χ1n) is 7.24. The van der Waals surface area contributed by atoms with Crippen molar-refractivity contribution < 1.29 is 4.74 Å². The molecule has 0 amide bonds. The summed E-state index contributed by atoms with van der Waals surface area (Å²) in [4.78, 5) is 6.98. The van der Waals surface area contributed by atoms with E-state index >= 15 is 0 Å². The van der Waals surface area contributed by atoms with Crippen LogP contribution in [0.3, 0.4) is 0 Å². The zero-order valence-corrected chi connectivity index (χ0v) is 11.1. The minimum Gasteiger partial charge on any atom is -0.460 e. The van der Waals surface area contributed by atoms with Crippen LogP contribution in [0, 0.1) is 0 Å². The molecule has 0 aromatic rings. The lowest BCUT2D eigenvalue weighted by Crippen LogP contribution is -2.36. The van der Waals surface area contributed by atoms with Crippen LogP contribution in [0.15, 0.2) is 29.3 Å². The Labute approximate surface area is 109 Å². The van der Waals surface area contributed by atoms with E-state index in [0.29, 0.717) is 12.1 Å². The highest BCUT2D eigenvalue weighted by Crippen LogP contribution is 2.29. The van der Waals surface area contributed by atoms with E-state index in [2.05, 4.69) is 41.1 Å². The minimum absolute atomic E-state index is 0.283. The fourth-order valence-electron chi connectivity index (χ4n) is 2.97. The Balaban J connectivity index is 1.53. The number of fused-ring (bicyclic) bond motifs is 3. The van der Waals surface area contributed by atoms with Gasteiger partial charge in [-0.2, -0.15) is 0 Å². The molecule has 2 heterocycles. The Morgan fingerprint density at radius 3 is 3.06 bits per heavy atom. The van der Waals surface area contributed by atoms with E-state index in [1.54, 1.807) is 0 Å². The van der Waals surface area contributed by atoms with Crippen LogP contribution in [0.25, 0.3) is 0 Å². The number of allylic oxidation sites excluding steroid dienone is 2. The number of ether oxygens (including phenoxy) is 1. The number of aliphatic imine (C=N–C) groups is 1.